The van der Waals surface area contributed by atoms with Crippen LogP contribution in [-0.2, 0) is 22.8 Å². The van der Waals surface area contributed by atoms with E-state index in [-0.39, 0.29) is 10.7 Å². The van der Waals surface area contributed by atoms with Crippen molar-refractivity contribution in [2.75, 3.05) is 6.61 Å². The third-order valence-electron chi connectivity index (χ3n) is 5.09. The van der Waals surface area contributed by atoms with Crippen molar-refractivity contribution in [1.29, 1.82) is 0 Å². The number of carbonyl (C=O) groups excluding carboxylic acids is 2. The number of thiocarbonyl (C=S) groups is 1. The van der Waals surface area contributed by atoms with Crippen molar-refractivity contribution >= 4 is 35.2 Å². The van der Waals surface area contributed by atoms with Gasteiger partial charge in [0, 0.05) is 0 Å². The molecule has 0 aromatic heterocycles. The van der Waals surface area contributed by atoms with E-state index in [0.717, 1.165) is 11.1 Å². The molecule has 1 aliphatic rings. The maximum absolute atomic E-state index is 12.0. The van der Waals surface area contributed by atoms with E-state index in [0.29, 0.717) is 42.6 Å². The Balaban J connectivity index is 1.38. The molecule has 0 unspecified atom stereocenters. The highest BCUT2D eigenvalue weighted by atomic mass is 32.1. The highest BCUT2D eigenvalue weighted by Crippen LogP contribution is 2.30. The zero-order valence-electron chi connectivity index (χ0n) is 19.1. The van der Waals surface area contributed by atoms with Gasteiger partial charge in [-0.25, -0.2) is 0 Å². The van der Waals surface area contributed by atoms with Crippen molar-refractivity contribution in [3.05, 3.63) is 95.1 Å². The average Bonchev–Trinajstić information content (AvgIpc) is 2.86. The second kappa shape index (κ2) is 11.3. The van der Waals surface area contributed by atoms with Crippen LogP contribution in [0, 0.1) is 0 Å². The number of nitrogens with one attached hydrogen (secondary N) is 2. The van der Waals surface area contributed by atoms with E-state index in [1.54, 1.807) is 24.3 Å². The maximum atomic E-state index is 12.0. The van der Waals surface area contributed by atoms with Gasteiger partial charge in [0.2, 0.25) is 0 Å². The standard InChI is InChI=1S/C27H24N2O5S/c1-2-32-24-15-20(10-13-23(24)34-16-19-6-4-3-5-7-19)17-33-21-11-8-18(9-12-21)14-22-25(30)28-27(35)29-26(22)31/h3-15H,2,16-17H2,1H3,(H2,28,29,30,31,35). The Morgan fingerprint density at radius 1 is 0.771 bits per heavy atom. The number of ether oxygens (including phenoxy) is 3. The molecule has 8 heteroatoms. The summed E-state index contributed by atoms with van der Waals surface area (Å²) in [6.07, 6.45) is 1.50. The predicted octanol–water partition coefficient (Wildman–Crippen LogP) is 4.16. The lowest BCUT2D eigenvalue weighted by atomic mass is 10.1. The van der Waals surface area contributed by atoms with E-state index >= 15 is 0 Å². The largest absolute Gasteiger partial charge is 0.490 e. The second-order valence-electron chi connectivity index (χ2n) is 7.64. The van der Waals surface area contributed by atoms with Crippen LogP contribution < -0.4 is 24.8 Å². The van der Waals surface area contributed by atoms with E-state index in [1.165, 1.54) is 6.08 Å². The minimum Gasteiger partial charge on any atom is -0.490 e. The Hall–Kier alpha value is -4.17. The van der Waals surface area contributed by atoms with Gasteiger partial charge in [-0.05, 0) is 66.2 Å². The summed E-state index contributed by atoms with van der Waals surface area (Å²) < 4.78 is 17.6. The summed E-state index contributed by atoms with van der Waals surface area (Å²) in [5.41, 5.74) is 2.68. The normalized spacial score (nSPS) is 13.1. The number of carbonyl (C=O) groups is 2. The maximum Gasteiger partial charge on any atom is 0.263 e. The number of benzene rings is 3. The van der Waals surface area contributed by atoms with Gasteiger partial charge in [0.05, 0.1) is 6.61 Å². The zero-order valence-corrected chi connectivity index (χ0v) is 19.9. The molecule has 0 aliphatic carbocycles. The Labute approximate surface area is 208 Å². The summed E-state index contributed by atoms with van der Waals surface area (Å²) in [6.45, 7) is 3.23. The fraction of sp³-hybridized carbons (Fsp3) is 0.148. The lowest BCUT2D eigenvalue weighted by Crippen LogP contribution is -2.51. The van der Waals surface area contributed by atoms with Crippen LogP contribution in [-0.4, -0.2) is 23.5 Å². The molecule has 35 heavy (non-hydrogen) atoms. The van der Waals surface area contributed by atoms with E-state index in [9.17, 15) is 9.59 Å². The molecule has 178 valence electrons. The van der Waals surface area contributed by atoms with Gasteiger partial charge in [0.1, 0.15) is 24.5 Å². The molecular formula is C27H24N2O5S. The number of hydrogen-bond donors (Lipinski definition) is 2. The summed E-state index contributed by atoms with van der Waals surface area (Å²) in [6, 6.07) is 22.8. The Morgan fingerprint density at radius 2 is 1.46 bits per heavy atom. The Kier molecular flexibility index (Phi) is 7.74. The molecule has 3 aromatic rings. The quantitative estimate of drug-likeness (QED) is 0.267. The molecule has 1 fully saturated rings. The van der Waals surface area contributed by atoms with Crippen molar-refractivity contribution in [1.82, 2.24) is 10.6 Å². The van der Waals surface area contributed by atoms with Crippen molar-refractivity contribution < 1.29 is 23.8 Å². The van der Waals surface area contributed by atoms with Gasteiger partial charge in [-0.2, -0.15) is 0 Å². The topological polar surface area (TPSA) is 85.9 Å². The molecular weight excluding hydrogens is 464 g/mol. The monoisotopic (exact) mass is 488 g/mol. The zero-order chi connectivity index (χ0) is 24.6. The predicted molar refractivity (Wildman–Crippen MR) is 136 cm³/mol. The molecule has 2 N–H and O–H groups in total. The summed E-state index contributed by atoms with van der Waals surface area (Å²) in [5.74, 6) is 0.928. The van der Waals surface area contributed by atoms with Gasteiger partial charge in [0.25, 0.3) is 11.8 Å². The fourth-order valence-electron chi connectivity index (χ4n) is 3.37. The first-order chi connectivity index (χ1) is 17.0. The SMILES string of the molecule is CCOc1cc(COc2ccc(C=C3C(=O)NC(=S)NC3=O)cc2)ccc1OCc1ccccc1. The fourth-order valence-corrected chi connectivity index (χ4v) is 3.55. The molecule has 4 rings (SSSR count). The van der Waals surface area contributed by atoms with E-state index in [4.69, 9.17) is 26.4 Å². The van der Waals surface area contributed by atoms with Gasteiger partial charge in [-0.3, -0.25) is 20.2 Å². The third-order valence-corrected chi connectivity index (χ3v) is 5.29. The molecule has 0 bridgehead atoms. The minimum atomic E-state index is -0.527. The van der Waals surface area contributed by atoms with E-state index in [2.05, 4.69) is 10.6 Å². The van der Waals surface area contributed by atoms with Crippen molar-refractivity contribution in [3.8, 4) is 17.2 Å². The molecule has 1 heterocycles. The van der Waals surface area contributed by atoms with Crippen molar-refractivity contribution in [3.63, 3.8) is 0 Å². The van der Waals surface area contributed by atoms with Gasteiger partial charge in [-0.1, -0.05) is 48.5 Å². The van der Waals surface area contributed by atoms with Crippen molar-refractivity contribution in [2.24, 2.45) is 0 Å². The lowest BCUT2D eigenvalue weighted by molar-refractivity contribution is -0.123. The van der Waals surface area contributed by atoms with Crippen LogP contribution in [0.1, 0.15) is 23.6 Å². The smallest absolute Gasteiger partial charge is 0.263 e. The summed E-state index contributed by atoms with van der Waals surface area (Å²) in [5, 5.41) is 4.83. The number of amides is 2. The first-order valence-corrected chi connectivity index (χ1v) is 11.5. The molecule has 3 aromatic carbocycles. The number of rotatable bonds is 9. The minimum absolute atomic E-state index is 0.00387. The van der Waals surface area contributed by atoms with Crippen LogP contribution in [0.4, 0.5) is 0 Å². The van der Waals surface area contributed by atoms with Crippen molar-refractivity contribution in [2.45, 2.75) is 20.1 Å². The van der Waals surface area contributed by atoms with Crippen LogP contribution in [0.3, 0.4) is 0 Å². The summed E-state index contributed by atoms with van der Waals surface area (Å²) >= 11 is 4.80. The Bertz CT molecular complexity index is 1230. The average molecular weight is 489 g/mol. The lowest BCUT2D eigenvalue weighted by Gasteiger charge is -2.16. The highest BCUT2D eigenvalue weighted by Gasteiger charge is 2.25. The first-order valence-electron chi connectivity index (χ1n) is 11.1. The second-order valence-corrected chi connectivity index (χ2v) is 8.05. The van der Waals surface area contributed by atoms with Gasteiger partial charge in [-0.15, -0.1) is 0 Å². The molecule has 7 nitrogen and oxygen atoms in total. The van der Waals surface area contributed by atoms with Gasteiger partial charge >= 0.3 is 0 Å². The van der Waals surface area contributed by atoms with Crippen LogP contribution >= 0.6 is 12.2 Å². The van der Waals surface area contributed by atoms with Crippen LogP contribution in [0.15, 0.2) is 78.4 Å². The van der Waals surface area contributed by atoms with Gasteiger partial charge < -0.3 is 14.2 Å². The summed E-state index contributed by atoms with van der Waals surface area (Å²) in [4.78, 5) is 24.0. The third kappa shape index (κ3) is 6.45. The highest BCUT2D eigenvalue weighted by molar-refractivity contribution is 7.80. The Morgan fingerprint density at radius 3 is 2.14 bits per heavy atom. The first kappa shape index (κ1) is 24.0. The van der Waals surface area contributed by atoms with Crippen LogP contribution in [0.2, 0.25) is 0 Å². The molecule has 0 atom stereocenters. The molecule has 0 spiro atoms. The van der Waals surface area contributed by atoms with Gasteiger partial charge in [0.15, 0.2) is 16.6 Å². The molecule has 0 radical (unpaired) electrons. The molecule has 0 saturated carbocycles. The number of hydrogen-bond acceptors (Lipinski definition) is 6. The van der Waals surface area contributed by atoms with E-state index < -0.39 is 11.8 Å². The summed E-state index contributed by atoms with van der Waals surface area (Å²) in [7, 11) is 0. The molecule has 2 amide bonds. The molecule has 1 aliphatic heterocycles. The molecule has 1 saturated heterocycles. The van der Waals surface area contributed by atoms with Crippen LogP contribution in [0.25, 0.3) is 6.08 Å². The van der Waals surface area contributed by atoms with E-state index in [1.807, 2.05) is 55.5 Å². The van der Waals surface area contributed by atoms with Crippen LogP contribution in [0.5, 0.6) is 17.2 Å².